The number of amides is 1. The van der Waals surface area contributed by atoms with Crippen LogP contribution in [-0.2, 0) is 16.1 Å². The second-order valence-electron chi connectivity index (χ2n) is 5.14. The van der Waals surface area contributed by atoms with Gasteiger partial charge in [0.1, 0.15) is 6.04 Å². The van der Waals surface area contributed by atoms with Crippen LogP contribution in [0.4, 0.5) is 5.69 Å². The molecule has 1 saturated heterocycles. The standard InChI is InChI=1S/C15H22BrN3O2/c1-2-5-18-9-11-3-4-12(16)8-13(11)19-6-7-21-10-14(19)15(17)20/h3-4,8,14,18H,2,5-7,9-10H2,1H3,(H2,17,20). The van der Waals surface area contributed by atoms with Crippen molar-refractivity contribution in [1.29, 1.82) is 0 Å². The fourth-order valence-corrected chi connectivity index (χ4v) is 2.83. The number of nitrogens with zero attached hydrogens (tertiary/aromatic N) is 1. The summed E-state index contributed by atoms with van der Waals surface area (Å²) in [6, 6.07) is 5.74. The number of ether oxygens (including phenoxy) is 1. The Balaban J connectivity index is 2.26. The van der Waals surface area contributed by atoms with Crippen molar-refractivity contribution in [2.24, 2.45) is 5.73 Å². The Labute approximate surface area is 134 Å². The van der Waals surface area contributed by atoms with Crippen LogP contribution >= 0.6 is 15.9 Å². The van der Waals surface area contributed by atoms with E-state index < -0.39 is 6.04 Å². The number of anilines is 1. The highest BCUT2D eigenvalue weighted by Gasteiger charge is 2.29. The van der Waals surface area contributed by atoms with Crippen LogP contribution in [0, 0.1) is 0 Å². The normalized spacial score (nSPS) is 18.8. The summed E-state index contributed by atoms with van der Waals surface area (Å²) in [4.78, 5) is 13.7. The largest absolute Gasteiger partial charge is 0.377 e. The van der Waals surface area contributed by atoms with E-state index in [9.17, 15) is 4.79 Å². The molecule has 0 bridgehead atoms. The molecule has 3 N–H and O–H groups in total. The van der Waals surface area contributed by atoms with Crippen molar-refractivity contribution in [1.82, 2.24) is 5.32 Å². The first-order valence-electron chi connectivity index (χ1n) is 7.26. The Bertz CT molecular complexity index is 496. The predicted molar refractivity (Wildman–Crippen MR) is 87.3 cm³/mol. The van der Waals surface area contributed by atoms with E-state index in [2.05, 4.69) is 39.1 Å². The van der Waals surface area contributed by atoms with Crippen LogP contribution in [0.2, 0.25) is 0 Å². The highest BCUT2D eigenvalue weighted by molar-refractivity contribution is 9.10. The van der Waals surface area contributed by atoms with E-state index in [1.807, 2.05) is 12.1 Å². The lowest BCUT2D eigenvalue weighted by Crippen LogP contribution is -2.53. The Hall–Kier alpha value is -1.11. The zero-order valence-electron chi connectivity index (χ0n) is 12.3. The molecule has 1 amide bonds. The maximum absolute atomic E-state index is 11.7. The maximum Gasteiger partial charge on any atom is 0.242 e. The number of carbonyl (C=O) groups excluding carboxylic acids is 1. The Morgan fingerprint density at radius 2 is 2.38 bits per heavy atom. The number of nitrogens with one attached hydrogen (secondary N) is 1. The van der Waals surface area contributed by atoms with E-state index in [1.54, 1.807) is 0 Å². The summed E-state index contributed by atoms with van der Waals surface area (Å²) in [7, 11) is 0. The number of hydrogen-bond acceptors (Lipinski definition) is 4. The lowest BCUT2D eigenvalue weighted by molar-refractivity contribution is -0.121. The number of nitrogens with two attached hydrogens (primary N) is 1. The SMILES string of the molecule is CCCNCc1ccc(Br)cc1N1CCOCC1C(N)=O. The molecule has 1 heterocycles. The molecule has 1 aromatic carbocycles. The van der Waals surface area contributed by atoms with Crippen molar-refractivity contribution < 1.29 is 9.53 Å². The van der Waals surface area contributed by atoms with E-state index in [-0.39, 0.29) is 5.91 Å². The second-order valence-corrected chi connectivity index (χ2v) is 6.05. The molecule has 0 spiro atoms. The molecule has 6 heteroatoms. The third-order valence-electron chi connectivity index (χ3n) is 3.56. The van der Waals surface area contributed by atoms with Crippen LogP contribution in [0.1, 0.15) is 18.9 Å². The summed E-state index contributed by atoms with van der Waals surface area (Å²) in [5, 5.41) is 3.40. The third-order valence-corrected chi connectivity index (χ3v) is 4.05. The number of halogens is 1. The van der Waals surface area contributed by atoms with Gasteiger partial charge in [-0.3, -0.25) is 4.79 Å². The number of primary amides is 1. The number of carbonyl (C=O) groups is 1. The van der Waals surface area contributed by atoms with E-state index in [1.165, 1.54) is 5.56 Å². The smallest absolute Gasteiger partial charge is 0.242 e. The molecule has 1 fully saturated rings. The van der Waals surface area contributed by atoms with Gasteiger partial charge in [0.25, 0.3) is 0 Å². The monoisotopic (exact) mass is 355 g/mol. The fraction of sp³-hybridized carbons (Fsp3) is 0.533. The van der Waals surface area contributed by atoms with Crippen LogP contribution in [0.3, 0.4) is 0 Å². The van der Waals surface area contributed by atoms with Crippen molar-refractivity contribution in [2.45, 2.75) is 25.9 Å². The first kappa shape index (κ1) is 16.3. The van der Waals surface area contributed by atoms with E-state index in [0.717, 1.165) is 29.7 Å². The van der Waals surface area contributed by atoms with Gasteiger partial charge in [-0.05, 0) is 30.7 Å². The Kier molecular flexibility index (Phi) is 6.02. The van der Waals surface area contributed by atoms with Gasteiger partial charge in [-0.15, -0.1) is 0 Å². The zero-order chi connectivity index (χ0) is 15.2. The summed E-state index contributed by atoms with van der Waals surface area (Å²) in [5.41, 5.74) is 7.72. The Morgan fingerprint density at radius 1 is 1.57 bits per heavy atom. The van der Waals surface area contributed by atoms with Gasteiger partial charge in [0.2, 0.25) is 5.91 Å². The second kappa shape index (κ2) is 7.77. The van der Waals surface area contributed by atoms with Crippen molar-refractivity contribution in [3.63, 3.8) is 0 Å². The summed E-state index contributed by atoms with van der Waals surface area (Å²) >= 11 is 3.51. The summed E-state index contributed by atoms with van der Waals surface area (Å²) in [6.07, 6.45) is 1.09. The average Bonchev–Trinajstić information content (AvgIpc) is 2.49. The van der Waals surface area contributed by atoms with Gasteiger partial charge in [0.05, 0.1) is 13.2 Å². The number of rotatable bonds is 6. The van der Waals surface area contributed by atoms with Crippen LogP contribution in [0.15, 0.2) is 22.7 Å². The van der Waals surface area contributed by atoms with Gasteiger partial charge in [-0.1, -0.05) is 28.9 Å². The maximum atomic E-state index is 11.7. The van der Waals surface area contributed by atoms with Gasteiger partial charge in [-0.2, -0.15) is 0 Å². The summed E-state index contributed by atoms with van der Waals surface area (Å²) < 4.78 is 6.39. The van der Waals surface area contributed by atoms with Crippen LogP contribution in [-0.4, -0.2) is 38.3 Å². The molecule has 1 aliphatic heterocycles. The quantitative estimate of drug-likeness (QED) is 0.761. The Morgan fingerprint density at radius 3 is 3.10 bits per heavy atom. The van der Waals surface area contributed by atoms with Gasteiger partial charge < -0.3 is 20.7 Å². The minimum Gasteiger partial charge on any atom is -0.377 e. The molecule has 0 radical (unpaired) electrons. The molecule has 1 atom stereocenters. The summed E-state index contributed by atoms with van der Waals surface area (Å²) in [5.74, 6) is -0.345. The molecule has 1 aromatic rings. The molecule has 2 rings (SSSR count). The zero-order valence-corrected chi connectivity index (χ0v) is 13.9. The lowest BCUT2D eigenvalue weighted by atomic mass is 10.1. The predicted octanol–water partition coefficient (Wildman–Crippen LogP) is 1.64. The molecule has 0 aromatic heterocycles. The highest BCUT2D eigenvalue weighted by atomic mass is 79.9. The molecule has 1 unspecified atom stereocenters. The van der Waals surface area contributed by atoms with Crippen LogP contribution in [0.5, 0.6) is 0 Å². The molecule has 5 nitrogen and oxygen atoms in total. The van der Waals surface area contributed by atoms with Crippen molar-refractivity contribution in [3.8, 4) is 0 Å². The van der Waals surface area contributed by atoms with Gasteiger partial charge in [0, 0.05) is 23.2 Å². The van der Waals surface area contributed by atoms with E-state index in [4.69, 9.17) is 10.5 Å². The van der Waals surface area contributed by atoms with Crippen LogP contribution in [0.25, 0.3) is 0 Å². The average molecular weight is 356 g/mol. The number of morpholine rings is 1. The molecular weight excluding hydrogens is 334 g/mol. The van der Waals surface area contributed by atoms with Gasteiger partial charge >= 0.3 is 0 Å². The van der Waals surface area contributed by atoms with Crippen molar-refractivity contribution >= 4 is 27.5 Å². The van der Waals surface area contributed by atoms with Crippen molar-refractivity contribution in [3.05, 3.63) is 28.2 Å². The van der Waals surface area contributed by atoms with E-state index in [0.29, 0.717) is 19.8 Å². The van der Waals surface area contributed by atoms with Crippen molar-refractivity contribution in [2.75, 3.05) is 31.2 Å². The molecule has 21 heavy (non-hydrogen) atoms. The minimum atomic E-state index is -0.405. The topological polar surface area (TPSA) is 67.6 Å². The molecule has 116 valence electrons. The lowest BCUT2D eigenvalue weighted by Gasteiger charge is -2.36. The molecule has 0 saturated carbocycles. The van der Waals surface area contributed by atoms with Gasteiger partial charge in [0.15, 0.2) is 0 Å². The number of hydrogen-bond donors (Lipinski definition) is 2. The number of benzene rings is 1. The first-order chi connectivity index (χ1) is 10.1. The van der Waals surface area contributed by atoms with Gasteiger partial charge in [-0.25, -0.2) is 0 Å². The minimum absolute atomic E-state index is 0.345. The summed E-state index contributed by atoms with van der Waals surface area (Å²) in [6.45, 7) is 5.52. The fourth-order valence-electron chi connectivity index (χ4n) is 2.48. The molecule has 1 aliphatic rings. The third kappa shape index (κ3) is 4.18. The van der Waals surface area contributed by atoms with Crippen LogP contribution < -0.4 is 16.0 Å². The molecule has 0 aliphatic carbocycles. The highest BCUT2D eigenvalue weighted by Crippen LogP contribution is 2.28. The van der Waals surface area contributed by atoms with E-state index >= 15 is 0 Å². The first-order valence-corrected chi connectivity index (χ1v) is 8.05. The molecular formula is C15H22BrN3O2.